The van der Waals surface area contributed by atoms with E-state index in [1.807, 2.05) is 30.3 Å². The van der Waals surface area contributed by atoms with Gasteiger partial charge < -0.3 is 15.5 Å². The summed E-state index contributed by atoms with van der Waals surface area (Å²) in [6.07, 6.45) is -0.852. The maximum Gasteiger partial charge on any atom is 0.335 e. The van der Waals surface area contributed by atoms with E-state index in [4.69, 9.17) is 6.85 Å². The molecule has 3 aromatic rings. The van der Waals surface area contributed by atoms with Gasteiger partial charge in [-0.15, -0.1) is 0 Å². The van der Waals surface area contributed by atoms with Crippen molar-refractivity contribution in [3.63, 3.8) is 0 Å². The number of carboxylic acid groups (broad SMARTS) is 1. The molecule has 3 rings (SSSR count). The molecule has 0 aliphatic rings. The fourth-order valence-corrected chi connectivity index (χ4v) is 3.03. The first-order valence-electron chi connectivity index (χ1n) is 12.0. The average Bonchev–Trinajstić information content (AvgIpc) is 2.81. The summed E-state index contributed by atoms with van der Waals surface area (Å²) in [6.45, 7) is 1.73. The summed E-state index contributed by atoms with van der Waals surface area (Å²) in [5, 5.41) is 22.8. The van der Waals surface area contributed by atoms with Crippen LogP contribution in [0.5, 0.6) is 0 Å². The van der Waals surface area contributed by atoms with Crippen molar-refractivity contribution in [3.8, 4) is 11.1 Å². The first kappa shape index (κ1) is 15.0. The van der Waals surface area contributed by atoms with Gasteiger partial charge in [0.1, 0.15) is 0 Å². The molecule has 0 aliphatic carbocycles. The second kappa shape index (κ2) is 10.0. The van der Waals surface area contributed by atoms with Crippen molar-refractivity contribution in [3.05, 3.63) is 95.0 Å². The van der Waals surface area contributed by atoms with Gasteiger partial charge in [-0.2, -0.15) is 0 Å². The molecule has 1 atom stereocenters. The van der Waals surface area contributed by atoms with Crippen LogP contribution in [0.25, 0.3) is 11.1 Å². The fraction of sp³-hybridized carbons (Fsp3) is 0.240. The van der Waals surface area contributed by atoms with E-state index in [2.05, 4.69) is 5.32 Å². The summed E-state index contributed by atoms with van der Waals surface area (Å²) in [4.78, 5) is 11.2. The highest BCUT2D eigenvalue weighted by atomic mass is 16.4. The number of aliphatic hydroxyl groups is 1. The van der Waals surface area contributed by atoms with E-state index in [-0.39, 0.29) is 35.3 Å². The van der Waals surface area contributed by atoms with Gasteiger partial charge in [-0.1, -0.05) is 66.1 Å². The number of nitrogens with one attached hydrogen (secondary N) is 1. The monoisotopic (exact) mass is 394 g/mol. The minimum Gasteiger partial charge on any atom is -0.478 e. The molecule has 4 heteroatoms. The van der Waals surface area contributed by atoms with E-state index in [0.29, 0.717) is 19.4 Å². The van der Waals surface area contributed by atoms with E-state index in [1.54, 1.807) is 18.2 Å². The van der Waals surface area contributed by atoms with Crippen molar-refractivity contribution in [2.75, 3.05) is 13.1 Å². The molecule has 4 nitrogen and oxygen atoms in total. The Morgan fingerprint density at radius 3 is 2.72 bits per heavy atom. The number of hydrogen-bond acceptors (Lipinski definition) is 3. The van der Waals surface area contributed by atoms with Crippen LogP contribution in [0, 0.1) is 6.92 Å². The Labute approximate surface area is 178 Å². The summed E-state index contributed by atoms with van der Waals surface area (Å²) in [6, 6.07) is 13.2. The highest BCUT2D eigenvalue weighted by Crippen LogP contribution is 2.22. The van der Waals surface area contributed by atoms with Crippen LogP contribution in [-0.2, 0) is 6.42 Å². The molecule has 0 aromatic heterocycles. The van der Waals surface area contributed by atoms with Crippen LogP contribution in [0.1, 0.15) is 46.4 Å². The molecular formula is C25H27NO3. The lowest BCUT2D eigenvalue weighted by Gasteiger charge is -2.13. The second-order valence-corrected chi connectivity index (χ2v) is 6.81. The number of hydrogen-bond donors (Lipinski definition) is 3. The van der Waals surface area contributed by atoms with Gasteiger partial charge in [0.2, 0.25) is 0 Å². The quantitative estimate of drug-likeness (QED) is 0.463. The third-order valence-corrected chi connectivity index (χ3v) is 4.52. The van der Waals surface area contributed by atoms with Crippen LogP contribution in [-0.4, -0.2) is 29.3 Å². The van der Waals surface area contributed by atoms with E-state index < -0.39 is 24.1 Å². The van der Waals surface area contributed by atoms with Crippen molar-refractivity contribution in [2.24, 2.45) is 0 Å². The molecule has 0 saturated heterocycles. The Balaban J connectivity index is 1.60. The van der Waals surface area contributed by atoms with E-state index in [9.17, 15) is 15.0 Å². The van der Waals surface area contributed by atoms with Gasteiger partial charge >= 0.3 is 5.97 Å². The molecule has 0 radical (unpaired) electrons. The van der Waals surface area contributed by atoms with Gasteiger partial charge in [0.25, 0.3) is 0 Å². The average molecular weight is 395 g/mol. The zero-order chi connectivity index (χ0) is 25.0. The highest BCUT2D eigenvalue weighted by molar-refractivity contribution is 5.89. The Hall–Kier alpha value is -2.95. The maximum atomic E-state index is 11.2. The SMILES string of the molecule is [2H]c1c([2H])c(C)c([2H])c([C@@]([2H])(O)CNCCCc2cccc(-c3cccc(C(=O)O)c3)c2)c1[2H]. The van der Waals surface area contributed by atoms with Gasteiger partial charge in [-0.05, 0) is 60.7 Å². The largest absolute Gasteiger partial charge is 0.478 e. The molecule has 3 aromatic carbocycles. The summed E-state index contributed by atoms with van der Waals surface area (Å²) >= 11 is 0. The molecule has 0 unspecified atom stereocenters. The zero-order valence-corrected chi connectivity index (χ0v) is 16.2. The molecular weight excluding hydrogens is 362 g/mol. The summed E-state index contributed by atoms with van der Waals surface area (Å²) in [5.41, 5.74) is 2.92. The van der Waals surface area contributed by atoms with Gasteiger partial charge in [0, 0.05) is 6.54 Å². The van der Waals surface area contributed by atoms with Crippen molar-refractivity contribution in [1.29, 1.82) is 0 Å². The number of aromatic carboxylic acids is 1. The predicted molar refractivity (Wildman–Crippen MR) is 116 cm³/mol. The first-order chi connectivity index (χ1) is 16.0. The first-order valence-corrected chi connectivity index (χ1v) is 9.46. The number of carboxylic acids is 1. The van der Waals surface area contributed by atoms with E-state index in [0.717, 1.165) is 16.7 Å². The van der Waals surface area contributed by atoms with Crippen molar-refractivity contribution in [2.45, 2.75) is 25.8 Å². The Bertz CT molecular complexity index is 1180. The number of benzene rings is 3. The number of aryl methyl sites for hydroxylation is 1. The standard InChI is InChI=1S/C25H27NO3/c1-18-6-2-11-22(14-18)24(27)17-26-13-5-8-19-7-3-9-20(15-19)21-10-4-12-23(16-21)25(28)29/h2-4,6-7,9-12,14-16,24,26-27H,5,8,13,17H2,1H3,(H,28,29)/t24-/m0/s1/i2D,6D,11D,14D,24D. The lowest BCUT2D eigenvalue weighted by atomic mass is 9.99. The van der Waals surface area contributed by atoms with Crippen LogP contribution in [0.2, 0.25) is 0 Å². The minimum atomic E-state index is -2.27. The molecule has 3 N–H and O–H groups in total. The van der Waals surface area contributed by atoms with Gasteiger partial charge in [0.15, 0.2) is 0 Å². The number of rotatable bonds is 9. The third-order valence-electron chi connectivity index (χ3n) is 4.52. The van der Waals surface area contributed by atoms with E-state index in [1.165, 1.54) is 6.92 Å². The Morgan fingerprint density at radius 2 is 1.93 bits per heavy atom. The van der Waals surface area contributed by atoms with Crippen LogP contribution < -0.4 is 5.32 Å². The summed E-state index contributed by atoms with van der Waals surface area (Å²) in [5.74, 6) is -0.974. The van der Waals surface area contributed by atoms with Crippen LogP contribution in [0.15, 0.2) is 72.7 Å². The minimum absolute atomic E-state index is 0.162. The van der Waals surface area contributed by atoms with Crippen LogP contribution in [0.4, 0.5) is 0 Å². The van der Waals surface area contributed by atoms with Crippen molar-refractivity contribution >= 4 is 5.97 Å². The highest BCUT2D eigenvalue weighted by Gasteiger charge is 2.07. The lowest BCUT2D eigenvalue weighted by Crippen LogP contribution is -2.22. The molecule has 0 saturated carbocycles. The van der Waals surface area contributed by atoms with E-state index >= 15 is 0 Å². The van der Waals surface area contributed by atoms with Crippen molar-refractivity contribution in [1.82, 2.24) is 5.32 Å². The smallest absolute Gasteiger partial charge is 0.335 e. The molecule has 0 amide bonds. The normalized spacial score (nSPS) is 15.4. The van der Waals surface area contributed by atoms with Gasteiger partial charge in [-0.25, -0.2) is 4.79 Å². The topological polar surface area (TPSA) is 69.6 Å². The van der Waals surface area contributed by atoms with Crippen molar-refractivity contribution < 1.29 is 21.9 Å². The molecule has 0 fully saturated rings. The number of carbonyl (C=O) groups is 1. The molecule has 29 heavy (non-hydrogen) atoms. The molecule has 0 heterocycles. The fourth-order valence-electron chi connectivity index (χ4n) is 3.03. The van der Waals surface area contributed by atoms with Crippen LogP contribution >= 0.6 is 0 Å². The molecule has 0 spiro atoms. The van der Waals surface area contributed by atoms with Gasteiger partial charge in [0.05, 0.1) is 18.5 Å². The van der Waals surface area contributed by atoms with Crippen LogP contribution in [0.3, 0.4) is 0 Å². The molecule has 150 valence electrons. The summed E-state index contributed by atoms with van der Waals surface area (Å²) < 4.78 is 40.0. The zero-order valence-electron chi connectivity index (χ0n) is 21.2. The Morgan fingerprint density at radius 1 is 1.17 bits per heavy atom. The molecule has 0 aliphatic heterocycles. The summed E-state index contributed by atoms with van der Waals surface area (Å²) in [7, 11) is 0. The molecule has 0 bridgehead atoms. The predicted octanol–water partition coefficient (Wildman–Crippen LogP) is 4.62. The second-order valence-electron chi connectivity index (χ2n) is 6.81. The maximum absolute atomic E-state index is 11.2. The Kier molecular flexibility index (Phi) is 5.16. The lowest BCUT2D eigenvalue weighted by molar-refractivity contribution is 0.0697. The third kappa shape index (κ3) is 6.01. The van der Waals surface area contributed by atoms with Gasteiger partial charge in [-0.3, -0.25) is 0 Å².